The predicted molar refractivity (Wildman–Crippen MR) is 63.3 cm³/mol. The molecule has 74 valence electrons. The molecule has 0 radical (unpaired) electrons. The van der Waals surface area contributed by atoms with Crippen molar-refractivity contribution in [3.05, 3.63) is 39.9 Å². The summed E-state index contributed by atoms with van der Waals surface area (Å²) in [6, 6.07) is 7.56. The van der Waals surface area contributed by atoms with Gasteiger partial charge in [-0.25, -0.2) is 0 Å². The highest BCUT2D eigenvalue weighted by atomic mass is 79.9. The molecule has 1 nitrogen and oxygen atoms in total. The van der Waals surface area contributed by atoms with Gasteiger partial charge >= 0.3 is 0 Å². The van der Waals surface area contributed by atoms with Crippen molar-refractivity contribution in [3.8, 4) is 0 Å². The zero-order valence-corrected chi connectivity index (χ0v) is 10.1. The third-order valence-electron chi connectivity index (χ3n) is 1.90. The quantitative estimate of drug-likeness (QED) is 0.601. The molecule has 0 saturated carbocycles. The number of carbonyl (C=O) groups excluding carboxylic acids is 1. The zero-order valence-electron chi connectivity index (χ0n) is 7.76. The van der Waals surface area contributed by atoms with Gasteiger partial charge in [-0.05, 0) is 24.1 Å². The first-order valence-corrected chi connectivity index (χ1v) is 5.46. The maximum Gasteiger partial charge on any atom is 0.147 e. The molecule has 0 amide bonds. The summed E-state index contributed by atoms with van der Waals surface area (Å²) in [6.07, 6.45) is 1.46. The highest BCUT2D eigenvalue weighted by Crippen LogP contribution is 2.25. The van der Waals surface area contributed by atoms with Crippen LogP contribution in [0.3, 0.4) is 0 Å². The average Bonchev–Trinajstić information content (AvgIpc) is 2.20. The highest BCUT2D eigenvalue weighted by molar-refractivity contribution is 9.10. The first kappa shape index (κ1) is 11.5. The van der Waals surface area contributed by atoms with Crippen molar-refractivity contribution in [3.63, 3.8) is 0 Å². The fourth-order valence-electron chi connectivity index (χ4n) is 1.07. The molecule has 0 aromatic heterocycles. The Morgan fingerprint density at radius 1 is 1.43 bits per heavy atom. The molecule has 0 saturated heterocycles. The van der Waals surface area contributed by atoms with Crippen LogP contribution in [0.2, 0.25) is 0 Å². The second-order valence-electron chi connectivity index (χ2n) is 2.82. The van der Waals surface area contributed by atoms with E-state index < -0.39 is 0 Å². The molecule has 1 rings (SSSR count). The molecule has 0 N–H and O–H groups in total. The van der Waals surface area contributed by atoms with Crippen molar-refractivity contribution in [1.29, 1.82) is 0 Å². The van der Waals surface area contributed by atoms with E-state index >= 15 is 0 Å². The molecule has 0 unspecified atom stereocenters. The minimum Gasteiger partial charge on any atom is -0.298 e. The molecule has 0 aliphatic heterocycles. The normalized spacial score (nSPS) is 12.2. The van der Waals surface area contributed by atoms with Gasteiger partial charge in [0.15, 0.2) is 0 Å². The monoisotopic (exact) mass is 272 g/mol. The van der Waals surface area contributed by atoms with Crippen LogP contribution in [0.4, 0.5) is 0 Å². The molecule has 1 aromatic rings. The van der Waals surface area contributed by atoms with E-state index in [1.165, 1.54) is 0 Å². The van der Waals surface area contributed by atoms with Crippen molar-refractivity contribution in [2.45, 2.75) is 13.3 Å². The number of hydrogen-bond donors (Lipinski definition) is 0. The summed E-state index contributed by atoms with van der Waals surface area (Å²) in [6.45, 7) is 1.91. The summed E-state index contributed by atoms with van der Waals surface area (Å²) in [7, 11) is 0. The Labute approximate surface area is 96.9 Å². The first-order chi connectivity index (χ1) is 6.69. The van der Waals surface area contributed by atoms with Gasteiger partial charge in [0.25, 0.3) is 0 Å². The first-order valence-electron chi connectivity index (χ1n) is 4.28. The summed E-state index contributed by atoms with van der Waals surface area (Å²) in [4.78, 5) is 10.7. The van der Waals surface area contributed by atoms with Crippen LogP contribution in [0.1, 0.15) is 18.9 Å². The SMILES string of the molecule is CCC(C=O)=C(Cl)c1ccc(Br)cc1. The van der Waals surface area contributed by atoms with E-state index in [4.69, 9.17) is 11.6 Å². The summed E-state index contributed by atoms with van der Waals surface area (Å²) in [5.41, 5.74) is 1.51. The van der Waals surface area contributed by atoms with Crippen LogP contribution >= 0.6 is 27.5 Å². The lowest BCUT2D eigenvalue weighted by atomic mass is 10.1. The van der Waals surface area contributed by atoms with Gasteiger partial charge in [0, 0.05) is 10.0 Å². The van der Waals surface area contributed by atoms with Gasteiger partial charge in [-0.1, -0.05) is 46.6 Å². The largest absolute Gasteiger partial charge is 0.298 e. The number of allylic oxidation sites excluding steroid dienone is 1. The maximum atomic E-state index is 10.7. The molecule has 3 heteroatoms. The Balaban J connectivity index is 3.10. The van der Waals surface area contributed by atoms with Crippen molar-refractivity contribution >= 4 is 38.8 Å². The molecule has 0 fully saturated rings. The molecule has 1 aromatic carbocycles. The Morgan fingerprint density at radius 3 is 2.43 bits per heavy atom. The Bertz CT molecular complexity index is 354. The standard InChI is InChI=1S/C11H10BrClO/c1-2-8(7-14)11(13)9-3-5-10(12)6-4-9/h3-7H,2H2,1H3. The van der Waals surface area contributed by atoms with Crippen LogP contribution in [-0.4, -0.2) is 6.29 Å². The third kappa shape index (κ3) is 2.69. The maximum absolute atomic E-state index is 10.7. The van der Waals surface area contributed by atoms with E-state index in [-0.39, 0.29) is 0 Å². The van der Waals surface area contributed by atoms with Gasteiger partial charge in [-0.3, -0.25) is 4.79 Å². The van der Waals surface area contributed by atoms with E-state index in [0.29, 0.717) is 17.0 Å². The molecule has 0 spiro atoms. The lowest BCUT2D eigenvalue weighted by Crippen LogP contribution is -1.87. The van der Waals surface area contributed by atoms with Crippen molar-refractivity contribution in [2.75, 3.05) is 0 Å². The number of rotatable bonds is 3. The minimum atomic E-state index is 0.537. The average molecular weight is 274 g/mol. The van der Waals surface area contributed by atoms with Gasteiger partial charge in [0.2, 0.25) is 0 Å². The summed E-state index contributed by atoms with van der Waals surface area (Å²) in [5, 5.41) is 0.537. The van der Waals surface area contributed by atoms with Crippen LogP contribution in [-0.2, 0) is 4.79 Å². The second-order valence-corrected chi connectivity index (χ2v) is 4.11. The summed E-state index contributed by atoms with van der Waals surface area (Å²) in [5.74, 6) is 0. The molecular weight excluding hydrogens is 263 g/mol. The summed E-state index contributed by atoms with van der Waals surface area (Å²) >= 11 is 9.39. The van der Waals surface area contributed by atoms with E-state index in [1.807, 2.05) is 31.2 Å². The van der Waals surface area contributed by atoms with E-state index in [2.05, 4.69) is 15.9 Å². The van der Waals surface area contributed by atoms with E-state index in [0.717, 1.165) is 16.3 Å². The Kier molecular flexibility index (Phi) is 4.36. The zero-order chi connectivity index (χ0) is 10.6. The fourth-order valence-corrected chi connectivity index (χ4v) is 1.64. The van der Waals surface area contributed by atoms with Gasteiger partial charge in [-0.2, -0.15) is 0 Å². The molecule has 14 heavy (non-hydrogen) atoms. The van der Waals surface area contributed by atoms with Gasteiger partial charge in [0.05, 0.1) is 5.03 Å². The van der Waals surface area contributed by atoms with Crippen LogP contribution in [0.5, 0.6) is 0 Å². The molecule has 0 heterocycles. The lowest BCUT2D eigenvalue weighted by Gasteiger charge is -2.02. The van der Waals surface area contributed by atoms with Gasteiger partial charge < -0.3 is 0 Å². The van der Waals surface area contributed by atoms with Gasteiger partial charge in [-0.15, -0.1) is 0 Å². The topological polar surface area (TPSA) is 17.1 Å². The van der Waals surface area contributed by atoms with E-state index in [9.17, 15) is 4.79 Å². The molecule has 0 aliphatic carbocycles. The van der Waals surface area contributed by atoms with Crippen molar-refractivity contribution < 1.29 is 4.79 Å². The highest BCUT2D eigenvalue weighted by Gasteiger charge is 2.04. The number of benzene rings is 1. The van der Waals surface area contributed by atoms with Crippen LogP contribution < -0.4 is 0 Å². The minimum absolute atomic E-state index is 0.537. The molecule has 0 bridgehead atoms. The smallest absolute Gasteiger partial charge is 0.147 e. The number of hydrogen-bond acceptors (Lipinski definition) is 1. The Hall–Kier alpha value is -0.600. The van der Waals surface area contributed by atoms with Crippen LogP contribution in [0, 0.1) is 0 Å². The van der Waals surface area contributed by atoms with E-state index in [1.54, 1.807) is 0 Å². The second kappa shape index (κ2) is 5.32. The fraction of sp³-hybridized carbons (Fsp3) is 0.182. The number of carbonyl (C=O) groups is 1. The lowest BCUT2D eigenvalue weighted by molar-refractivity contribution is -0.104. The number of aldehydes is 1. The Morgan fingerprint density at radius 2 is 2.00 bits per heavy atom. The molecular formula is C11H10BrClO. The molecule has 0 aliphatic rings. The molecule has 0 atom stereocenters. The predicted octanol–water partition coefficient (Wildman–Crippen LogP) is 4.01. The van der Waals surface area contributed by atoms with Crippen molar-refractivity contribution in [1.82, 2.24) is 0 Å². The number of halogens is 2. The summed E-state index contributed by atoms with van der Waals surface area (Å²) < 4.78 is 0.995. The third-order valence-corrected chi connectivity index (χ3v) is 2.89. The van der Waals surface area contributed by atoms with Crippen LogP contribution in [0.25, 0.3) is 5.03 Å². The van der Waals surface area contributed by atoms with Gasteiger partial charge in [0.1, 0.15) is 6.29 Å². The van der Waals surface area contributed by atoms with Crippen LogP contribution in [0.15, 0.2) is 34.3 Å². The van der Waals surface area contributed by atoms with Crippen molar-refractivity contribution in [2.24, 2.45) is 0 Å².